The predicted octanol–water partition coefficient (Wildman–Crippen LogP) is 3.58. The summed E-state index contributed by atoms with van der Waals surface area (Å²) in [7, 11) is 0. The first-order chi connectivity index (χ1) is 7.33. The molecule has 0 unspecified atom stereocenters. The third-order valence-electron chi connectivity index (χ3n) is 2.43. The van der Waals surface area contributed by atoms with E-state index in [1.807, 2.05) is 12.1 Å². The molecule has 0 aliphatic heterocycles. The molecule has 0 fully saturated rings. The van der Waals surface area contributed by atoms with E-state index in [-0.39, 0.29) is 0 Å². The van der Waals surface area contributed by atoms with Crippen LogP contribution in [-0.4, -0.2) is 10.3 Å². The summed E-state index contributed by atoms with van der Waals surface area (Å²) in [4.78, 5) is 0. The molecule has 1 aromatic carbocycles. The van der Waals surface area contributed by atoms with Gasteiger partial charge in [-0.25, -0.2) is 0 Å². The van der Waals surface area contributed by atoms with Gasteiger partial charge in [-0.1, -0.05) is 25.0 Å². The average Bonchev–Trinajstić information content (AvgIpc) is 2.26. The van der Waals surface area contributed by atoms with Gasteiger partial charge in [0.2, 0.25) is 0 Å². The number of nitrogen functional groups attached to an aromatic ring is 1. The monoisotopic (exact) mass is 225 g/mol. The highest BCUT2D eigenvalue weighted by atomic mass is 32.2. The van der Waals surface area contributed by atoms with Gasteiger partial charge in [0, 0.05) is 11.4 Å². The van der Waals surface area contributed by atoms with E-state index in [0.29, 0.717) is 0 Å². The highest BCUT2D eigenvalue weighted by Crippen LogP contribution is 2.11. The van der Waals surface area contributed by atoms with E-state index >= 15 is 0 Å². The second kappa shape index (κ2) is 7.60. The Bertz CT molecular complexity index is 261. The first kappa shape index (κ1) is 12.4. The summed E-state index contributed by atoms with van der Waals surface area (Å²) < 4.78 is 8.53. The van der Waals surface area contributed by atoms with Gasteiger partial charge >= 0.3 is 0 Å². The Hall–Kier alpha value is -0.670. The van der Waals surface area contributed by atoms with E-state index in [1.165, 1.54) is 24.8 Å². The maximum atomic E-state index is 8.53. The zero-order valence-corrected chi connectivity index (χ0v) is 9.80. The topological polar surface area (TPSA) is 46.2 Å². The number of rotatable bonds is 7. The summed E-state index contributed by atoms with van der Waals surface area (Å²) in [5.74, 6) is 0.863. The molecular formula is C12H19NOS. The summed E-state index contributed by atoms with van der Waals surface area (Å²) in [6.07, 6.45) is 5.92. The quantitative estimate of drug-likeness (QED) is 0.423. The molecule has 0 saturated carbocycles. The van der Waals surface area contributed by atoms with E-state index in [2.05, 4.69) is 12.1 Å². The molecule has 84 valence electrons. The molecule has 3 N–H and O–H groups in total. The van der Waals surface area contributed by atoms with Gasteiger partial charge in [-0.3, -0.25) is 0 Å². The molecule has 0 amide bonds. The number of nitrogens with two attached hydrogens (primary N) is 1. The Morgan fingerprint density at radius 2 is 1.67 bits per heavy atom. The van der Waals surface area contributed by atoms with Crippen molar-refractivity contribution < 1.29 is 4.55 Å². The standard InChI is InChI=1S/C12H19NOS/c13-12-8-6-11(7-9-12)5-3-1-2-4-10-15-14/h6-9,14H,1-5,10,13H2. The summed E-state index contributed by atoms with van der Waals surface area (Å²) in [6.45, 7) is 0. The molecular weight excluding hydrogens is 206 g/mol. The fraction of sp³-hybridized carbons (Fsp3) is 0.500. The lowest BCUT2D eigenvalue weighted by molar-refractivity contribution is 0.642. The lowest BCUT2D eigenvalue weighted by atomic mass is 10.1. The second-order valence-corrected chi connectivity index (χ2v) is 4.41. The first-order valence-electron chi connectivity index (χ1n) is 5.43. The van der Waals surface area contributed by atoms with Gasteiger partial charge in [0.15, 0.2) is 0 Å². The van der Waals surface area contributed by atoms with Crippen LogP contribution in [0.15, 0.2) is 24.3 Å². The van der Waals surface area contributed by atoms with Crippen molar-refractivity contribution in [1.82, 2.24) is 0 Å². The number of benzene rings is 1. The zero-order chi connectivity index (χ0) is 10.9. The molecule has 3 heteroatoms. The van der Waals surface area contributed by atoms with Gasteiger partial charge in [0.1, 0.15) is 0 Å². The van der Waals surface area contributed by atoms with Crippen molar-refractivity contribution in [3.05, 3.63) is 29.8 Å². The van der Waals surface area contributed by atoms with Gasteiger partial charge in [-0.05, 0) is 49.0 Å². The van der Waals surface area contributed by atoms with Gasteiger partial charge in [0.25, 0.3) is 0 Å². The Morgan fingerprint density at radius 1 is 1.00 bits per heavy atom. The summed E-state index contributed by atoms with van der Waals surface area (Å²) in [5, 5.41) is 0. The number of aryl methyl sites for hydroxylation is 1. The molecule has 0 aliphatic carbocycles. The van der Waals surface area contributed by atoms with Crippen molar-refractivity contribution >= 4 is 17.7 Å². The molecule has 0 aliphatic rings. The van der Waals surface area contributed by atoms with Gasteiger partial charge in [-0.15, -0.1) is 0 Å². The molecule has 0 spiro atoms. The number of anilines is 1. The summed E-state index contributed by atoms with van der Waals surface area (Å²) in [6, 6.07) is 8.10. The van der Waals surface area contributed by atoms with E-state index < -0.39 is 0 Å². The van der Waals surface area contributed by atoms with Crippen LogP contribution in [0.4, 0.5) is 5.69 Å². The second-order valence-electron chi connectivity index (χ2n) is 3.74. The van der Waals surface area contributed by atoms with Crippen molar-refractivity contribution in [3.63, 3.8) is 0 Å². The van der Waals surface area contributed by atoms with Crippen LogP contribution in [-0.2, 0) is 6.42 Å². The largest absolute Gasteiger partial charge is 0.399 e. The number of hydrogen-bond acceptors (Lipinski definition) is 3. The molecule has 2 nitrogen and oxygen atoms in total. The third kappa shape index (κ3) is 5.70. The van der Waals surface area contributed by atoms with Gasteiger partial charge < -0.3 is 10.3 Å². The van der Waals surface area contributed by atoms with E-state index in [9.17, 15) is 0 Å². The van der Waals surface area contributed by atoms with Crippen LogP contribution in [0.2, 0.25) is 0 Å². The van der Waals surface area contributed by atoms with Crippen LogP contribution in [0.25, 0.3) is 0 Å². The molecule has 1 aromatic rings. The average molecular weight is 225 g/mol. The first-order valence-corrected chi connectivity index (χ1v) is 6.38. The fourth-order valence-electron chi connectivity index (χ4n) is 1.53. The van der Waals surface area contributed by atoms with E-state index in [4.69, 9.17) is 10.3 Å². The molecule has 0 radical (unpaired) electrons. The maximum absolute atomic E-state index is 8.53. The van der Waals surface area contributed by atoms with Gasteiger partial charge in [-0.2, -0.15) is 0 Å². The number of hydrogen-bond donors (Lipinski definition) is 2. The van der Waals surface area contributed by atoms with Gasteiger partial charge in [0.05, 0.1) is 0 Å². The minimum Gasteiger partial charge on any atom is -0.399 e. The summed E-state index contributed by atoms with van der Waals surface area (Å²) >= 11 is 0.944. The Labute approximate surface area is 96.1 Å². The van der Waals surface area contributed by atoms with Crippen molar-refractivity contribution in [3.8, 4) is 0 Å². The van der Waals surface area contributed by atoms with Crippen molar-refractivity contribution in [1.29, 1.82) is 0 Å². The van der Waals surface area contributed by atoms with E-state index in [1.54, 1.807) is 0 Å². The molecule has 1 rings (SSSR count). The lowest BCUT2D eigenvalue weighted by Crippen LogP contribution is -1.89. The normalized spacial score (nSPS) is 10.5. The number of unbranched alkanes of at least 4 members (excludes halogenated alkanes) is 3. The third-order valence-corrected chi connectivity index (χ3v) is 2.90. The molecule has 0 aromatic heterocycles. The van der Waals surface area contributed by atoms with Crippen LogP contribution in [0.3, 0.4) is 0 Å². The Morgan fingerprint density at radius 3 is 2.33 bits per heavy atom. The smallest absolute Gasteiger partial charge is 0.0314 e. The van der Waals surface area contributed by atoms with Crippen molar-refractivity contribution in [2.24, 2.45) is 0 Å². The van der Waals surface area contributed by atoms with Crippen LogP contribution in [0.5, 0.6) is 0 Å². The van der Waals surface area contributed by atoms with Crippen LogP contribution in [0, 0.1) is 0 Å². The molecule has 0 bridgehead atoms. The molecule has 0 atom stereocenters. The zero-order valence-electron chi connectivity index (χ0n) is 8.98. The molecule has 0 heterocycles. The van der Waals surface area contributed by atoms with Crippen LogP contribution >= 0.6 is 12.0 Å². The lowest BCUT2D eigenvalue weighted by Gasteiger charge is -2.02. The minimum absolute atomic E-state index is 0.832. The Kier molecular flexibility index (Phi) is 6.28. The van der Waals surface area contributed by atoms with Crippen molar-refractivity contribution in [2.45, 2.75) is 32.1 Å². The summed E-state index contributed by atoms with van der Waals surface area (Å²) in [5.41, 5.74) is 7.80. The van der Waals surface area contributed by atoms with Crippen LogP contribution in [0.1, 0.15) is 31.2 Å². The van der Waals surface area contributed by atoms with E-state index in [0.717, 1.165) is 36.3 Å². The van der Waals surface area contributed by atoms with Crippen LogP contribution < -0.4 is 5.73 Å². The predicted molar refractivity (Wildman–Crippen MR) is 68.1 cm³/mol. The highest BCUT2D eigenvalue weighted by Gasteiger charge is 1.94. The molecule has 15 heavy (non-hydrogen) atoms. The highest BCUT2D eigenvalue weighted by molar-refractivity contribution is 7.93. The van der Waals surface area contributed by atoms with Crippen molar-refractivity contribution in [2.75, 3.05) is 11.5 Å². The Balaban J connectivity index is 2.07. The SMILES string of the molecule is Nc1ccc(CCCCCCSO)cc1. The molecule has 0 saturated heterocycles. The minimum atomic E-state index is 0.832. The fourth-order valence-corrected chi connectivity index (χ4v) is 1.87. The maximum Gasteiger partial charge on any atom is 0.0314 e.